The van der Waals surface area contributed by atoms with Crippen LogP contribution in [0.15, 0.2) is 225 Å². The van der Waals surface area contributed by atoms with Gasteiger partial charge >= 0.3 is 0 Å². The summed E-state index contributed by atoms with van der Waals surface area (Å²) in [6, 6.07) is 87.6. The Morgan fingerprint density at radius 3 is 1.62 bits per heavy atom. The summed E-state index contributed by atoms with van der Waals surface area (Å²) in [5.41, 5.74) is 24.0. The molecule has 85 heavy (non-hydrogen) atoms. The number of fused-ring (bicyclic) bond motifs is 15. The van der Waals surface area contributed by atoms with Crippen molar-refractivity contribution in [2.45, 2.75) is 84.0 Å². The summed E-state index contributed by atoms with van der Waals surface area (Å²) >= 11 is 0. The van der Waals surface area contributed by atoms with Crippen LogP contribution in [0.1, 0.15) is 101 Å². The average Bonchev–Trinajstić information content (AvgIpc) is 1.51. The normalized spacial score (nSPS) is 13.8. The molecule has 5 nitrogen and oxygen atoms in total. The average molecular weight is 1280 g/mol. The van der Waals surface area contributed by atoms with E-state index in [0.717, 1.165) is 61.7 Å². The van der Waals surface area contributed by atoms with Crippen LogP contribution in [-0.2, 0) is 42.7 Å². The van der Waals surface area contributed by atoms with Gasteiger partial charge in [0.2, 0.25) is 0 Å². The first-order valence-electron chi connectivity index (χ1n) is 29.4. The first kappa shape index (κ1) is 54.2. The number of ether oxygens (including phenoxy) is 1. The largest absolute Gasteiger partial charge is 0.509 e. The second kappa shape index (κ2) is 19.9. The molecule has 0 radical (unpaired) electrons. The molecule has 0 N–H and O–H groups in total. The van der Waals surface area contributed by atoms with Gasteiger partial charge in [0, 0.05) is 72.5 Å². The molecular weight excluding hydrogens is 1220 g/mol. The Morgan fingerprint density at radius 1 is 0.447 bits per heavy atom. The number of pyridine rings is 1. The van der Waals surface area contributed by atoms with E-state index in [4.69, 9.17) is 9.72 Å². The van der Waals surface area contributed by atoms with E-state index in [1.807, 2.05) is 12.3 Å². The number of aromatic nitrogens is 2. The zero-order chi connectivity index (χ0) is 57.4. The molecule has 2 aliphatic carbocycles. The van der Waals surface area contributed by atoms with Crippen LogP contribution >= 0.6 is 0 Å². The number of hydrogen-bond acceptors (Lipinski definition) is 4. The van der Waals surface area contributed by atoms with Gasteiger partial charge in [0.05, 0.1) is 5.41 Å². The minimum Gasteiger partial charge on any atom is -0.509 e. The number of nitrogens with zero attached hydrogens (tertiary/aromatic N) is 4. The summed E-state index contributed by atoms with van der Waals surface area (Å²) < 4.78 is 9.32. The van der Waals surface area contributed by atoms with Crippen molar-refractivity contribution in [3.8, 4) is 61.8 Å². The van der Waals surface area contributed by atoms with Gasteiger partial charge in [-0.2, -0.15) is 12.1 Å². The van der Waals surface area contributed by atoms with Gasteiger partial charge in [-0.15, -0.1) is 48.1 Å². The van der Waals surface area contributed by atoms with Crippen molar-refractivity contribution >= 4 is 44.6 Å². The molecule has 0 atom stereocenters. The fraction of sp³-hybridized carbons (Fsp3) is 0.165. The van der Waals surface area contributed by atoms with E-state index in [0.29, 0.717) is 11.5 Å². The second-order valence-electron chi connectivity index (χ2n) is 26.1. The van der Waals surface area contributed by atoms with E-state index >= 15 is 0 Å². The van der Waals surface area contributed by atoms with Crippen molar-refractivity contribution in [2.75, 3.05) is 9.80 Å². The third-order valence-electron chi connectivity index (χ3n) is 17.8. The minimum absolute atomic E-state index is 0. The first-order chi connectivity index (χ1) is 40.6. The molecule has 10 aromatic carbocycles. The van der Waals surface area contributed by atoms with Crippen LogP contribution in [0.4, 0.5) is 22.7 Å². The van der Waals surface area contributed by atoms with Gasteiger partial charge in [0.15, 0.2) is 0 Å². The van der Waals surface area contributed by atoms with Crippen molar-refractivity contribution < 1.29 is 25.8 Å². The number of para-hydroxylation sites is 3. The smallest absolute Gasteiger partial charge is 0.135 e. The van der Waals surface area contributed by atoms with Crippen molar-refractivity contribution in [2.24, 2.45) is 0 Å². The fourth-order valence-corrected chi connectivity index (χ4v) is 13.7. The molecule has 0 bridgehead atoms. The van der Waals surface area contributed by atoms with Crippen molar-refractivity contribution in [3.05, 3.63) is 282 Å². The fourth-order valence-electron chi connectivity index (χ4n) is 13.7. The molecule has 3 aliphatic rings. The zero-order valence-electron chi connectivity index (χ0n) is 49.5. The molecule has 0 saturated heterocycles. The maximum absolute atomic E-state index is 7.01. The number of hydrogen-bond donors (Lipinski definition) is 0. The first-order valence-corrected chi connectivity index (χ1v) is 29.4. The van der Waals surface area contributed by atoms with Gasteiger partial charge in [-0.05, 0) is 124 Å². The third-order valence-corrected chi connectivity index (χ3v) is 17.8. The van der Waals surface area contributed by atoms with Crippen LogP contribution in [0.2, 0.25) is 0 Å². The van der Waals surface area contributed by atoms with Crippen LogP contribution in [0.3, 0.4) is 0 Å². The molecule has 0 saturated carbocycles. The number of benzene rings is 10. The van der Waals surface area contributed by atoms with Crippen molar-refractivity contribution in [3.63, 3.8) is 0 Å². The molecule has 0 unspecified atom stereocenters. The molecule has 1 spiro atoms. The number of rotatable bonds is 7. The third kappa shape index (κ3) is 8.55. The van der Waals surface area contributed by atoms with Crippen LogP contribution in [0.5, 0.6) is 11.5 Å². The van der Waals surface area contributed by atoms with Gasteiger partial charge in [-0.3, -0.25) is 0 Å². The maximum atomic E-state index is 7.01. The molecule has 15 rings (SSSR count). The van der Waals surface area contributed by atoms with Gasteiger partial charge in [0.25, 0.3) is 0 Å². The Kier molecular flexibility index (Phi) is 12.7. The van der Waals surface area contributed by atoms with Gasteiger partial charge in [0.1, 0.15) is 5.82 Å². The summed E-state index contributed by atoms with van der Waals surface area (Å²) in [6.45, 7) is 22.9. The zero-order valence-corrected chi connectivity index (χ0v) is 51.7. The van der Waals surface area contributed by atoms with Crippen molar-refractivity contribution in [1.29, 1.82) is 0 Å². The molecule has 420 valence electrons. The molecule has 3 heterocycles. The summed E-state index contributed by atoms with van der Waals surface area (Å²) in [6.07, 6.45) is 1.95. The Hall–Kier alpha value is -8.76. The molecule has 6 heteroatoms. The predicted molar refractivity (Wildman–Crippen MR) is 347 cm³/mol. The maximum Gasteiger partial charge on any atom is 0.135 e. The monoisotopic (exact) mass is 1280 g/mol. The van der Waals surface area contributed by atoms with Gasteiger partial charge in [-0.1, -0.05) is 226 Å². The quantitative estimate of drug-likeness (QED) is 0.149. The van der Waals surface area contributed by atoms with E-state index in [2.05, 4.69) is 308 Å². The van der Waals surface area contributed by atoms with Crippen LogP contribution in [0, 0.1) is 18.8 Å². The standard InChI is InChI=1S/C79H65N4O.Pt/c1-76(2,3)52-41-42-80-72(46-52)83-70-40-39-63-62-29-15-18-34-67(62)79(65-32-16-13-27-60(65)61-28-14-17-33-66(61)79)74(63)73(70)64-38-37-57(48-71(64)83)84-56-26-21-25-55(47-56)81-49-82(69-36-20-19-35-68(69)81)75-58(50-23-11-10-12-24-50)30-22-31-59(75)51-43-53(77(4,5)6)45-54(44-51)78(7,8)9;/h10-46,49H,1-9H3;/q-3;. The van der Waals surface area contributed by atoms with Gasteiger partial charge in [-0.25, -0.2) is 4.98 Å². The molecule has 0 fully saturated rings. The van der Waals surface area contributed by atoms with E-state index in [1.54, 1.807) is 0 Å². The summed E-state index contributed by atoms with van der Waals surface area (Å²) in [5.74, 6) is 2.00. The van der Waals surface area contributed by atoms with E-state index in [9.17, 15) is 0 Å². The van der Waals surface area contributed by atoms with E-state index in [1.165, 1.54) is 72.1 Å². The molecule has 12 aromatic rings. The van der Waals surface area contributed by atoms with Crippen LogP contribution in [-0.4, -0.2) is 9.55 Å². The van der Waals surface area contributed by atoms with Crippen LogP contribution < -0.4 is 14.5 Å². The minimum atomic E-state index is -0.553. The summed E-state index contributed by atoms with van der Waals surface area (Å²) in [5, 5.41) is 2.27. The number of anilines is 4. The van der Waals surface area contributed by atoms with Crippen LogP contribution in [0.25, 0.3) is 72.1 Å². The Labute approximate surface area is 514 Å². The molecule has 2 aromatic heterocycles. The van der Waals surface area contributed by atoms with E-state index < -0.39 is 5.41 Å². The Balaban J connectivity index is 0.00000640. The Bertz CT molecular complexity index is 4550. The summed E-state index contributed by atoms with van der Waals surface area (Å²) in [7, 11) is 0. The van der Waals surface area contributed by atoms with E-state index in [-0.39, 0.29) is 37.3 Å². The SMILES string of the molecule is CC(C)(C)c1cc(-c2cccc(-c3ccccc3)c2N2[CH-]N(c3[c-]c(Oc4[c-]c5c(cc4)c4c6c(ccc4n5-c4cc(C(C)(C)C)ccn4)-c4ccccc4C64c5ccccc5-c5ccccc54)ccc3)c3ccccc32)cc(C(C)(C)C)c1.[Pt]. The Morgan fingerprint density at radius 2 is 0.988 bits per heavy atom. The van der Waals surface area contributed by atoms with Crippen molar-refractivity contribution in [1.82, 2.24) is 9.55 Å². The second-order valence-corrected chi connectivity index (χ2v) is 26.1. The molecule has 0 amide bonds. The van der Waals surface area contributed by atoms with Gasteiger partial charge < -0.3 is 19.1 Å². The predicted octanol–water partition coefficient (Wildman–Crippen LogP) is 20.5. The topological polar surface area (TPSA) is 33.5 Å². The molecule has 1 aliphatic heterocycles. The summed E-state index contributed by atoms with van der Waals surface area (Å²) in [4.78, 5) is 9.78. The molecular formula is C79H65N4OPt-3.